The largest absolute Gasteiger partial charge is 0.494 e. The highest BCUT2D eigenvalue weighted by Gasteiger charge is 2.13. The number of esters is 1. The number of hydrogen-bond donors (Lipinski definition) is 1. The molecule has 0 aromatic heterocycles. The van der Waals surface area contributed by atoms with Crippen LogP contribution in [0.5, 0.6) is 5.75 Å². The van der Waals surface area contributed by atoms with Gasteiger partial charge in [-0.05, 0) is 42.8 Å². The summed E-state index contributed by atoms with van der Waals surface area (Å²) in [6, 6.07) is 8.99. The molecule has 0 atom stereocenters. The summed E-state index contributed by atoms with van der Waals surface area (Å²) in [6.45, 7) is 1.45. The predicted octanol–water partition coefficient (Wildman–Crippen LogP) is 3.70. The maximum absolute atomic E-state index is 13.6. The predicted molar refractivity (Wildman–Crippen MR) is 90.7 cm³/mol. The second-order valence-corrected chi connectivity index (χ2v) is 5.79. The summed E-state index contributed by atoms with van der Waals surface area (Å²) in [5.74, 6) is -1.94. The van der Waals surface area contributed by atoms with Crippen molar-refractivity contribution >= 4 is 33.5 Å². The smallest absolute Gasteiger partial charge is 0.338 e. The summed E-state index contributed by atoms with van der Waals surface area (Å²) < 4.78 is 24.0. The van der Waals surface area contributed by atoms with Crippen LogP contribution < -0.4 is 10.1 Å². The maximum atomic E-state index is 13.6. The molecular formula is C17H15BrFNO4. The van der Waals surface area contributed by atoms with Gasteiger partial charge in [0.25, 0.3) is 5.91 Å². The summed E-state index contributed by atoms with van der Waals surface area (Å²) in [5, 5.41) is 2.61. The second kappa shape index (κ2) is 7.92. The van der Waals surface area contributed by atoms with E-state index in [1.54, 1.807) is 12.1 Å². The fourth-order valence-electron chi connectivity index (χ4n) is 1.88. The van der Waals surface area contributed by atoms with Gasteiger partial charge in [-0.2, -0.15) is 0 Å². The van der Waals surface area contributed by atoms with Crippen LogP contribution in [0.2, 0.25) is 0 Å². The lowest BCUT2D eigenvalue weighted by atomic mass is 10.2. The average Bonchev–Trinajstić information content (AvgIpc) is 2.56. The monoisotopic (exact) mass is 395 g/mol. The van der Waals surface area contributed by atoms with Gasteiger partial charge in [0.05, 0.1) is 12.7 Å². The fourth-order valence-corrected chi connectivity index (χ4v) is 2.25. The van der Waals surface area contributed by atoms with E-state index in [1.807, 2.05) is 13.0 Å². The molecule has 0 aliphatic carbocycles. The number of amides is 1. The van der Waals surface area contributed by atoms with Gasteiger partial charge in [-0.1, -0.05) is 22.0 Å². The molecule has 2 aromatic carbocycles. The average molecular weight is 396 g/mol. The Labute approximate surface area is 146 Å². The minimum atomic E-state index is -0.795. The fraction of sp³-hybridized carbons (Fsp3) is 0.176. The zero-order valence-electron chi connectivity index (χ0n) is 13.1. The summed E-state index contributed by atoms with van der Waals surface area (Å²) in [5.41, 5.74) is 1.60. The van der Waals surface area contributed by atoms with Crippen molar-refractivity contribution in [3.05, 3.63) is 57.8 Å². The van der Waals surface area contributed by atoms with E-state index in [2.05, 4.69) is 21.2 Å². The lowest BCUT2D eigenvalue weighted by Gasteiger charge is -2.08. The molecule has 2 rings (SSSR count). The van der Waals surface area contributed by atoms with Gasteiger partial charge in [-0.15, -0.1) is 0 Å². The summed E-state index contributed by atoms with van der Waals surface area (Å²) in [7, 11) is 1.32. The van der Waals surface area contributed by atoms with E-state index in [4.69, 9.17) is 9.47 Å². The third kappa shape index (κ3) is 4.55. The number of hydrogen-bond acceptors (Lipinski definition) is 4. The van der Waals surface area contributed by atoms with Gasteiger partial charge in [0, 0.05) is 10.2 Å². The number of carbonyl (C=O) groups excluding carboxylic acids is 2. The number of ether oxygens (including phenoxy) is 2. The molecule has 0 unspecified atom stereocenters. The molecule has 0 saturated carbocycles. The Morgan fingerprint density at radius 2 is 1.96 bits per heavy atom. The third-order valence-corrected chi connectivity index (χ3v) is 4.03. The number of halogens is 2. The van der Waals surface area contributed by atoms with Crippen LogP contribution in [0.4, 0.5) is 10.1 Å². The minimum absolute atomic E-state index is 0.000759. The van der Waals surface area contributed by atoms with Gasteiger partial charge in [0.15, 0.2) is 18.2 Å². The van der Waals surface area contributed by atoms with Crippen molar-refractivity contribution < 1.29 is 23.5 Å². The van der Waals surface area contributed by atoms with Crippen molar-refractivity contribution in [1.82, 2.24) is 0 Å². The Kier molecular flexibility index (Phi) is 5.92. The number of methoxy groups -OCH3 is 1. The zero-order chi connectivity index (χ0) is 17.7. The van der Waals surface area contributed by atoms with Crippen LogP contribution >= 0.6 is 15.9 Å². The topological polar surface area (TPSA) is 64.6 Å². The molecule has 0 aliphatic heterocycles. The number of benzene rings is 2. The van der Waals surface area contributed by atoms with E-state index < -0.39 is 24.3 Å². The number of carbonyl (C=O) groups is 2. The molecular weight excluding hydrogens is 381 g/mol. The van der Waals surface area contributed by atoms with Gasteiger partial charge < -0.3 is 14.8 Å². The Hall–Kier alpha value is -2.41. The molecule has 0 spiro atoms. The van der Waals surface area contributed by atoms with Crippen LogP contribution in [-0.2, 0) is 9.53 Å². The Morgan fingerprint density at radius 3 is 2.58 bits per heavy atom. The molecule has 7 heteroatoms. The van der Waals surface area contributed by atoms with Crippen LogP contribution in [0, 0.1) is 12.7 Å². The molecule has 126 valence electrons. The normalized spacial score (nSPS) is 10.2. The van der Waals surface area contributed by atoms with Gasteiger partial charge >= 0.3 is 5.97 Å². The molecule has 2 aromatic rings. The highest BCUT2D eigenvalue weighted by Crippen LogP contribution is 2.21. The first kappa shape index (κ1) is 17.9. The Balaban J connectivity index is 1.92. The van der Waals surface area contributed by atoms with E-state index in [9.17, 15) is 14.0 Å². The second-order valence-electron chi connectivity index (χ2n) is 4.94. The molecule has 0 saturated heterocycles. The molecule has 0 heterocycles. The van der Waals surface area contributed by atoms with Crippen molar-refractivity contribution in [3.63, 3.8) is 0 Å². The lowest BCUT2D eigenvalue weighted by molar-refractivity contribution is -0.119. The quantitative estimate of drug-likeness (QED) is 0.783. The van der Waals surface area contributed by atoms with Crippen LogP contribution in [0.15, 0.2) is 40.9 Å². The van der Waals surface area contributed by atoms with Crippen molar-refractivity contribution in [2.24, 2.45) is 0 Å². The lowest BCUT2D eigenvalue weighted by Crippen LogP contribution is -2.21. The summed E-state index contributed by atoms with van der Waals surface area (Å²) in [4.78, 5) is 23.6. The standard InChI is InChI=1S/C17H15BrFNO4/c1-10-3-5-12(8-13(10)18)20-16(21)9-24-17(22)11-4-6-15(23-2)14(19)7-11/h3-8H,9H2,1-2H3,(H,20,21). The zero-order valence-corrected chi connectivity index (χ0v) is 14.6. The first-order valence-electron chi connectivity index (χ1n) is 6.97. The van der Waals surface area contributed by atoms with Gasteiger partial charge in [-0.25, -0.2) is 9.18 Å². The van der Waals surface area contributed by atoms with Gasteiger partial charge in [-0.3, -0.25) is 4.79 Å². The summed E-state index contributed by atoms with van der Waals surface area (Å²) >= 11 is 3.36. The first-order valence-corrected chi connectivity index (χ1v) is 7.76. The minimum Gasteiger partial charge on any atom is -0.494 e. The number of aryl methyl sites for hydroxylation is 1. The highest BCUT2D eigenvalue weighted by atomic mass is 79.9. The highest BCUT2D eigenvalue weighted by molar-refractivity contribution is 9.10. The Morgan fingerprint density at radius 1 is 1.21 bits per heavy atom. The van der Waals surface area contributed by atoms with Crippen molar-refractivity contribution in [2.45, 2.75) is 6.92 Å². The molecule has 5 nitrogen and oxygen atoms in total. The van der Waals surface area contributed by atoms with Crippen LogP contribution in [0.25, 0.3) is 0 Å². The van der Waals surface area contributed by atoms with Crippen LogP contribution in [0.1, 0.15) is 15.9 Å². The molecule has 0 fully saturated rings. The molecule has 0 radical (unpaired) electrons. The molecule has 1 N–H and O–H groups in total. The first-order chi connectivity index (χ1) is 11.4. The Bertz CT molecular complexity index is 779. The van der Waals surface area contributed by atoms with Crippen LogP contribution in [0.3, 0.4) is 0 Å². The molecule has 0 bridgehead atoms. The van der Waals surface area contributed by atoms with Crippen LogP contribution in [-0.4, -0.2) is 25.6 Å². The van der Waals surface area contributed by atoms with Gasteiger partial charge in [0.2, 0.25) is 0 Å². The van der Waals surface area contributed by atoms with Crippen molar-refractivity contribution in [1.29, 1.82) is 0 Å². The third-order valence-electron chi connectivity index (χ3n) is 3.18. The van der Waals surface area contributed by atoms with E-state index >= 15 is 0 Å². The maximum Gasteiger partial charge on any atom is 0.338 e. The molecule has 0 aliphatic rings. The van der Waals surface area contributed by atoms with E-state index in [0.717, 1.165) is 16.1 Å². The number of rotatable bonds is 5. The SMILES string of the molecule is COc1ccc(C(=O)OCC(=O)Nc2ccc(C)c(Br)c2)cc1F. The van der Waals surface area contributed by atoms with Gasteiger partial charge in [0.1, 0.15) is 0 Å². The molecule has 1 amide bonds. The number of nitrogens with one attached hydrogen (secondary N) is 1. The number of anilines is 1. The van der Waals surface area contributed by atoms with E-state index in [0.29, 0.717) is 5.69 Å². The van der Waals surface area contributed by atoms with Crippen molar-refractivity contribution in [2.75, 3.05) is 19.0 Å². The van der Waals surface area contributed by atoms with E-state index in [1.165, 1.54) is 19.2 Å². The molecule has 24 heavy (non-hydrogen) atoms. The van der Waals surface area contributed by atoms with Crippen molar-refractivity contribution in [3.8, 4) is 5.75 Å². The summed E-state index contributed by atoms with van der Waals surface area (Å²) in [6.07, 6.45) is 0. The van der Waals surface area contributed by atoms with E-state index in [-0.39, 0.29) is 11.3 Å².